The molecule has 1 aliphatic rings. The molecule has 6 heteroatoms. The Morgan fingerprint density at radius 1 is 0.897 bits per heavy atom. The number of aromatic nitrogens is 2. The molecule has 0 spiro atoms. The minimum absolute atomic E-state index is 0.431. The number of halogens is 1. The number of hydrogen-bond donors (Lipinski definition) is 0. The number of para-hydroxylation sites is 2. The number of rotatable bonds is 4. The first kappa shape index (κ1) is 17.8. The maximum absolute atomic E-state index is 13.0. The minimum atomic E-state index is -0.431. The highest BCUT2D eigenvalue weighted by Gasteiger charge is 2.18. The van der Waals surface area contributed by atoms with E-state index in [1.165, 1.54) is 11.8 Å². The summed E-state index contributed by atoms with van der Waals surface area (Å²) in [6, 6.07) is 19.4. The molecule has 29 heavy (non-hydrogen) atoms. The van der Waals surface area contributed by atoms with E-state index in [-0.39, 0.29) is 0 Å². The molecule has 0 radical (unpaired) electrons. The second-order valence-corrected chi connectivity index (χ2v) is 7.29. The highest BCUT2D eigenvalue weighted by Crippen LogP contribution is 2.26. The van der Waals surface area contributed by atoms with Gasteiger partial charge in [0, 0.05) is 50.2 Å². The number of oxazole rings is 1. The van der Waals surface area contributed by atoms with Crippen molar-refractivity contribution in [3.8, 4) is 11.5 Å². The zero-order valence-electron chi connectivity index (χ0n) is 16.0. The fourth-order valence-corrected chi connectivity index (χ4v) is 3.73. The third kappa shape index (κ3) is 3.84. The van der Waals surface area contributed by atoms with E-state index < -0.39 is 5.95 Å². The van der Waals surface area contributed by atoms with Crippen molar-refractivity contribution in [3.63, 3.8) is 0 Å². The zero-order chi connectivity index (χ0) is 19.6. The topological polar surface area (TPSA) is 45.4 Å². The van der Waals surface area contributed by atoms with Crippen LogP contribution in [0.25, 0.3) is 22.6 Å². The summed E-state index contributed by atoms with van der Waals surface area (Å²) in [4.78, 5) is 13.1. The average Bonchev–Trinajstić information content (AvgIpc) is 3.20. The van der Waals surface area contributed by atoms with Gasteiger partial charge in [0.2, 0.25) is 11.8 Å². The van der Waals surface area contributed by atoms with E-state index in [0.717, 1.165) is 55.0 Å². The summed E-state index contributed by atoms with van der Waals surface area (Å²) in [5, 5.41) is 0. The maximum atomic E-state index is 13.0. The summed E-state index contributed by atoms with van der Waals surface area (Å²) < 4.78 is 18.8. The molecule has 1 fully saturated rings. The Hall–Kier alpha value is -3.25. The van der Waals surface area contributed by atoms with Gasteiger partial charge in [0.25, 0.3) is 0 Å². The molecule has 5 nitrogen and oxygen atoms in total. The van der Waals surface area contributed by atoms with Crippen LogP contribution in [0.3, 0.4) is 0 Å². The first-order valence-electron chi connectivity index (χ1n) is 9.78. The van der Waals surface area contributed by atoms with E-state index in [9.17, 15) is 4.39 Å². The number of fused-ring (bicyclic) bond motifs is 1. The van der Waals surface area contributed by atoms with Gasteiger partial charge in [-0.1, -0.05) is 18.2 Å². The summed E-state index contributed by atoms with van der Waals surface area (Å²) in [5.74, 6) is 0.218. The first-order chi connectivity index (χ1) is 14.2. The lowest BCUT2D eigenvalue weighted by Gasteiger charge is -2.36. The molecule has 0 atom stereocenters. The monoisotopic (exact) mass is 388 g/mol. The molecule has 0 amide bonds. The van der Waals surface area contributed by atoms with Crippen molar-refractivity contribution >= 4 is 16.8 Å². The standard InChI is InChI=1S/C23H21FN4O/c24-22-10-5-17(15-25-22)16-27-11-13-28(14-12-27)19-8-6-18(7-9-19)23-26-20-3-1-2-4-21(20)29-23/h1-10,15H,11-14,16H2. The fourth-order valence-electron chi connectivity index (χ4n) is 3.73. The van der Waals surface area contributed by atoms with Crippen LogP contribution in [0.2, 0.25) is 0 Å². The normalized spacial score (nSPS) is 15.1. The molecule has 0 saturated carbocycles. The van der Waals surface area contributed by atoms with Crippen LogP contribution in [-0.4, -0.2) is 41.0 Å². The summed E-state index contributed by atoms with van der Waals surface area (Å²) in [7, 11) is 0. The van der Waals surface area contributed by atoms with Gasteiger partial charge in [-0.2, -0.15) is 4.39 Å². The van der Waals surface area contributed by atoms with E-state index in [1.807, 2.05) is 24.3 Å². The SMILES string of the molecule is Fc1ccc(CN2CCN(c3ccc(-c4nc5ccccc5o4)cc3)CC2)cn1. The number of anilines is 1. The third-order valence-corrected chi connectivity index (χ3v) is 5.34. The van der Waals surface area contributed by atoms with Gasteiger partial charge in [0.15, 0.2) is 5.58 Å². The van der Waals surface area contributed by atoms with Crippen molar-refractivity contribution in [3.05, 3.63) is 78.4 Å². The number of pyridine rings is 1. The van der Waals surface area contributed by atoms with Gasteiger partial charge in [-0.25, -0.2) is 9.97 Å². The van der Waals surface area contributed by atoms with Crippen LogP contribution >= 0.6 is 0 Å². The van der Waals surface area contributed by atoms with Crippen LogP contribution in [0.5, 0.6) is 0 Å². The van der Waals surface area contributed by atoms with E-state index in [1.54, 1.807) is 12.3 Å². The lowest BCUT2D eigenvalue weighted by molar-refractivity contribution is 0.249. The number of benzene rings is 2. The molecule has 4 aromatic rings. The molecular formula is C23H21FN4O. The Bertz CT molecular complexity index is 1070. The number of nitrogens with zero attached hydrogens (tertiary/aromatic N) is 4. The predicted molar refractivity (Wildman–Crippen MR) is 111 cm³/mol. The number of hydrogen-bond acceptors (Lipinski definition) is 5. The van der Waals surface area contributed by atoms with Crippen LogP contribution in [0.15, 0.2) is 71.3 Å². The van der Waals surface area contributed by atoms with Gasteiger partial charge in [-0.15, -0.1) is 0 Å². The van der Waals surface area contributed by atoms with Crippen molar-refractivity contribution in [2.45, 2.75) is 6.54 Å². The van der Waals surface area contributed by atoms with Crippen LogP contribution < -0.4 is 4.90 Å². The Morgan fingerprint density at radius 2 is 1.69 bits per heavy atom. The highest BCUT2D eigenvalue weighted by molar-refractivity contribution is 5.76. The molecule has 146 valence electrons. The van der Waals surface area contributed by atoms with Gasteiger partial charge in [0.1, 0.15) is 5.52 Å². The molecule has 0 bridgehead atoms. The van der Waals surface area contributed by atoms with E-state index in [0.29, 0.717) is 5.89 Å². The Kier molecular flexibility index (Phi) is 4.69. The maximum Gasteiger partial charge on any atom is 0.227 e. The van der Waals surface area contributed by atoms with Crippen LogP contribution in [0.1, 0.15) is 5.56 Å². The Labute approximate surface area is 168 Å². The molecule has 0 aliphatic carbocycles. The Balaban J connectivity index is 1.22. The smallest absolute Gasteiger partial charge is 0.227 e. The molecule has 1 aliphatic heterocycles. The van der Waals surface area contributed by atoms with Gasteiger partial charge < -0.3 is 9.32 Å². The van der Waals surface area contributed by atoms with Gasteiger partial charge in [0.05, 0.1) is 0 Å². The average molecular weight is 388 g/mol. The van der Waals surface area contributed by atoms with Crippen LogP contribution in [0.4, 0.5) is 10.1 Å². The third-order valence-electron chi connectivity index (χ3n) is 5.34. The van der Waals surface area contributed by atoms with E-state index >= 15 is 0 Å². The molecule has 1 saturated heterocycles. The molecule has 3 heterocycles. The Morgan fingerprint density at radius 3 is 2.41 bits per heavy atom. The van der Waals surface area contributed by atoms with Crippen molar-refractivity contribution in [1.29, 1.82) is 0 Å². The molecule has 2 aromatic heterocycles. The van der Waals surface area contributed by atoms with Crippen molar-refractivity contribution in [1.82, 2.24) is 14.9 Å². The summed E-state index contributed by atoms with van der Waals surface area (Å²) in [6.45, 7) is 4.64. The summed E-state index contributed by atoms with van der Waals surface area (Å²) >= 11 is 0. The molecule has 5 rings (SSSR count). The summed E-state index contributed by atoms with van der Waals surface area (Å²) in [6.07, 6.45) is 1.62. The minimum Gasteiger partial charge on any atom is -0.436 e. The second-order valence-electron chi connectivity index (χ2n) is 7.29. The quantitative estimate of drug-likeness (QED) is 0.487. The first-order valence-corrected chi connectivity index (χ1v) is 9.78. The lowest BCUT2D eigenvalue weighted by Crippen LogP contribution is -2.45. The van der Waals surface area contributed by atoms with Crippen molar-refractivity contribution < 1.29 is 8.81 Å². The van der Waals surface area contributed by atoms with Crippen LogP contribution in [-0.2, 0) is 6.54 Å². The number of piperazine rings is 1. The van der Waals surface area contributed by atoms with E-state index in [4.69, 9.17) is 4.42 Å². The largest absolute Gasteiger partial charge is 0.436 e. The zero-order valence-corrected chi connectivity index (χ0v) is 16.0. The van der Waals surface area contributed by atoms with Gasteiger partial charge in [-0.3, -0.25) is 4.90 Å². The van der Waals surface area contributed by atoms with Crippen molar-refractivity contribution in [2.24, 2.45) is 0 Å². The molecule has 0 N–H and O–H groups in total. The molecule has 0 unspecified atom stereocenters. The lowest BCUT2D eigenvalue weighted by atomic mass is 10.1. The fraction of sp³-hybridized carbons (Fsp3) is 0.217. The second kappa shape index (κ2) is 7.64. The highest BCUT2D eigenvalue weighted by atomic mass is 19.1. The van der Waals surface area contributed by atoms with Crippen LogP contribution in [0, 0.1) is 5.95 Å². The summed E-state index contributed by atoms with van der Waals surface area (Å²) in [5.41, 5.74) is 4.90. The van der Waals surface area contributed by atoms with E-state index in [2.05, 4.69) is 44.0 Å². The van der Waals surface area contributed by atoms with Gasteiger partial charge in [-0.05, 0) is 48.0 Å². The van der Waals surface area contributed by atoms with Gasteiger partial charge >= 0.3 is 0 Å². The molecular weight excluding hydrogens is 367 g/mol. The molecule has 2 aromatic carbocycles. The predicted octanol–water partition coefficient (Wildman–Crippen LogP) is 4.35. The van der Waals surface area contributed by atoms with Crippen molar-refractivity contribution in [2.75, 3.05) is 31.1 Å².